The molecule has 7 nitrogen and oxygen atoms in total. The molecule has 1 saturated heterocycles. The van der Waals surface area contributed by atoms with E-state index in [1.165, 1.54) is 5.69 Å². The largest absolute Gasteiger partial charge is 0.352 e. The predicted molar refractivity (Wildman–Crippen MR) is 89.5 cm³/mol. The summed E-state index contributed by atoms with van der Waals surface area (Å²) in [6.07, 6.45) is 9.20. The highest BCUT2D eigenvalue weighted by atomic mass is 16.1. The number of aryl methyl sites for hydroxylation is 2. The van der Waals surface area contributed by atoms with Crippen molar-refractivity contribution in [3.8, 4) is 0 Å². The van der Waals surface area contributed by atoms with E-state index in [-0.39, 0.29) is 5.56 Å². The Morgan fingerprint density at radius 2 is 2.13 bits per heavy atom. The van der Waals surface area contributed by atoms with Crippen LogP contribution < -0.4 is 15.8 Å². The molecule has 7 heteroatoms. The van der Waals surface area contributed by atoms with E-state index >= 15 is 0 Å². The van der Waals surface area contributed by atoms with Gasteiger partial charge in [0, 0.05) is 57.9 Å². The maximum atomic E-state index is 12.3. The van der Waals surface area contributed by atoms with Gasteiger partial charge >= 0.3 is 0 Å². The molecule has 0 spiro atoms. The first-order chi connectivity index (χ1) is 11.2. The van der Waals surface area contributed by atoms with Crippen molar-refractivity contribution in [1.82, 2.24) is 24.4 Å². The van der Waals surface area contributed by atoms with E-state index in [4.69, 9.17) is 0 Å². The summed E-state index contributed by atoms with van der Waals surface area (Å²) in [7, 11) is 2.01. The van der Waals surface area contributed by atoms with Gasteiger partial charge in [-0.15, -0.1) is 0 Å². The molecule has 2 aromatic rings. The SMILES string of the molecule is CCn1ccnc(N2CCC(NCc3cncn3C)CC2)c1=O. The summed E-state index contributed by atoms with van der Waals surface area (Å²) in [5.74, 6) is 0.583. The van der Waals surface area contributed by atoms with E-state index < -0.39 is 0 Å². The molecule has 3 rings (SSSR count). The van der Waals surface area contributed by atoms with E-state index in [9.17, 15) is 4.79 Å². The minimum absolute atomic E-state index is 0.0105. The second-order valence-corrected chi connectivity index (χ2v) is 5.98. The van der Waals surface area contributed by atoms with Gasteiger partial charge in [-0.2, -0.15) is 0 Å². The van der Waals surface area contributed by atoms with Crippen LogP contribution in [0.15, 0.2) is 29.7 Å². The van der Waals surface area contributed by atoms with E-state index in [1.807, 2.05) is 31.1 Å². The van der Waals surface area contributed by atoms with Crippen molar-refractivity contribution < 1.29 is 0 Å². The van der Waals surface area contributed by atoms with Gasteiger partial charge in [0.25, 0.3) is 5.56 Å². The van der Waals surface area contributed by atoms with Gasteiger partial charge in [-0.3, -0.25) is 4.79 Å². The predicted octanol–water partition coefficient (Wildman–Crippen LogP) is 0.755. The summed E-state index contributed by atoms with van der Waals surface area (Å²) in [6.45, 7) is 5.20. The van der Waals surface area contributed by atoms with Gasteiger partial charge in [0.1, 0.15) is 0 Å². The van der Waals surface area contributed by atoms with Gasteiger partial charge < -0.3 is 19.4 Å². The average molecular weight is 316 g/mol. The molecule has 1 fully saturated rings. The molecule has 0 saturated carbocycles. The van der Waals surface area contributed by atoms with Gasteiger partial charge in [0.15, 0.2) is 5.82 Å². The lowest BCUT2D eigenvalue weighted by Crippen LogP contribution is -2.45. The molecule has 1 N–H and O–H groups in total. The lowest BCUT2D eigenvalue weighted by Gasteiger charge is -2.33. The van der Waals surface area contributed by atoms with Crippen LogP contribution in [0.4, 0.5) is 5.82 Å². The van der Waals surface area contributed by atoms with Crippen LogP contribution in [0.2, 0.25) is 0 Å². The Kier molecular flexibility index (Phi) is 4.76. The third-order valence-electron chi connectivity index (χ3n) is 4.52. The molecule has 0 atom stereocenters. The van der Waals surface area contributed by atoms with Gasteiger partial charge in [-0.1, -0.05) is 0 Å². The summed E-state index contributed by atoms with van der Waals surface area (Å²) in [5.41, 5.74) is 1.19. The minimum Gasteiger partial charge on any atom is -0.352 e. The Morgan fingerprint density at radius 1 is 1.35 bits per heavy atom. The van der Waals surface area contributed by atoms with E-state index in [0.717, 1.165) is 32.5 Å². The third kappa shape index (κ3) is 3.44. The fraction of sp³-hybridized carbons (Fsp3) is 0.562. The number of nitrogens with zero attached hydrogens (tertiary/aromatic N) is 5. The fourth-order valence-corrected chi connectivity index (χ4v) is 3.00. The lowest BCUT2D eigenvalue weighted by atomic mass is 10.1. The molecule has 0 bridgehead atoms. The Labute approximate surface area is 136 Å². The van der Waals surface area contributed by atoms with E-state index in [2.05, 4.69) is 20.2 Å². The van der Waals surface area contributed by atoms with Crippen LogP contribution >= 0.6 is 0 Å². The molecule has 0 radical (unpaired) electrons. The van der Waals surface area contributed by atoms with Crippen molar-refractivity contribution in [1.29, 1.82) is 0 Å². The second kappa shape index (κ2) is 6.95. The van der Waals surface area contributed by atoms with Crippen LogP contribution in [0, 0.1) is 0 Å². The van der Waals surface area contributed by atoms with Crippen LogP contribution in [-0.2, 0) is 20.1 Å². The maximum Gasteiger partial charge on any atom is 0.293 e. The van der Waals surface area contributed by atoms with Crippen molar-refractivity contribution in [3.63, 3.8) is 0 Å². The molecule has 0 aliphatic carbocycles. The summed E-state index contributed by atoms with van der Waals surface area (Å²) in [4.78, 5) is 22.9. The Balaban J connectivity index is 1.56. The number of imidazole rings is 1. The number of hydrogen-bond acceptors (Lipinski definition) is 5. The first-order valence-corrected chi connectivity index (χ1v) is 8.18. The smallest absolute Gasteiger partial charge is 0.293 e. The normalized spacial score (nSPS) is 16.0. The van der Waals surface area contributed by atoms with Gasteiger partial charge in [-0.25, -0.2) is 9.97 Å². The van der Waals surface area contributed by atoms with Gasteiger partial charge in [0.05, 0.1) is 12.0 Å². The van der Waals surface area contributed by atoms with Crippen LogP contribution in [0.5, 0.6) is 0 Å². The van der Waals surface area contributed by atoms with Gasteiger partial charge in [-0.05, 0) is 19.8 Å². The molecule has 1 aliphatic heterocycles. The summed E-state index contributed by atoms with van der Waals surface area (Å²) < 4.78 is 3.73. The Morgan fingerprint density at radius 3 is 2.78 bits per heavy atom. The zero-order valence-corrected chi connectivity index (χ0v) is 13.8. The number of piperidine rings is 1. The van der Waals surface area contributed by atoms with Crippen molar-refractivity contribution in [2.45, 2.75) is 38.9 Å². The highest BCUT2D eigenvalue weighted by Gasteiger charge is 2.22. The number of hydrogen-bond donors (Lipinski definition) is 1. The standard InChI is InChI=1S/C16H24N6O/c1-3-21-9-6-18-15(16(21)23)22-7-4-13(5-8-22)19-11-14-10-17-12-20(14)2/h6,9-10,12-13,19H,3-5,7-8,11H2,1-2H3. The van der Waals surface area contributed by atoms with Crippen LogP contribution in [0.3, 0.4) is 0 Å². The van der Waals surface area contributed by atoms with Crippen molar-refractivity contribution >= 4 is 5.82 Å². The maximum absolute atomic E-state index is 12.3. The average Bonchev–Trinajstić information content (AvgIpc) is 2.99. The van der Waals surface area contributed by atoms with Crippen LogP contribution in [0.25, 0.3) is 0 Å². The molecule has 124 valence electrons. The lowest BCUT2D eigenvalue weighted by molar-refractivity contribution is 0.407. The Bertz CT molecular complexity index is 699. The third-order valence-corrected chi connectivity index (χ3v) is 4.52. The molecule has 0 amide bonds. The summed E-state index contributed by atoms with van der Waals surface area (Å²) in [5, 5.41) is 3.58. The monoisotopic (exact) mass is 316 g/mol. The minimum atomic E-state index is 0.0105. The second-order valence-electron chi connectivity index (χ2n) is 5.98. The van der Waals surface area contributed by atoms with Crippen molar-refractivity contribution in [2.75, 3.05) is 18.0 Å². The zero-order valence-electron chi connectivity index (χ0n) is 13.8. The first kappa shape index (κ1) is 15.7. The molecular weight excluding hydrogens is 292 g/mol. The fourth-order valence-electron chi connectivity index (χ4n) is 3.00. The topological polar surface area (TPSA) is 68.0 Å². The summed E-state index contributed by atoms with van der Waals surface area (Å²) >= 11 is 0. The van der Waals surface area contributed by atoms with Crippen LogP contribution in [-0.4, -0.2) is 38.2 Å². The highest BCUT2D eigenvalue weighted by Crippen LogP contribution is 2.15. The van der Waals surface area contributed by atoms with Crippen LogP contribution in [0.1, 0.15) is 25.5 Å². The zero-order chi connectivity index (χ0) is 16.2. The van der Waals surface area contributed by atoms with Crippen molar-refractivity contribution in [3.05, 3.63) is 41.0 Å². The highest BCUT2D eigenvalue weighted by molar-refractivity contribution is 5.36. The molecule has 23 heavy (non-hydrogen) atoms. The molecule has 3 heterocycles. The molecule has 1 aliphatic rings. The number of nitrogens with one attached hydrogen (secondary N) is 1. The number of aromatic nitrogens is 4. The molecule has 0 aromatic carbocycles. The number of rotatable bonds is 5. The van der Waals surface area contributed by atoms with E-state index in [1.54, 1.807) is 17.0 Å². The number of anilines is 1. The quantitative estimate of drug-likeness (QED) is 0.882. The first-order valence-electron chi connectivity index (χ1n) is 8.18. The molecule has 2 aromatic heterocycles. The van der Waals surface area contributed by atoms with Crippen molar-refractivity contribution in [2.24, 2.45) is 7.05 Å². The molecule has 0 unspecified atom stereocenters. The van der Waals surface area contributed by atoms with E-state index in [0.29, 0.717) is 18.4 Å². The summed E-state index contributed by atoms with van der Waals surface area (Å²) in [6, 6.07) is 0.471. The van der Waals surface area contributed by atoms with Gasteiger partial charge in [0.2, 0.25) is 0 Å². The molecular formula is C16H24N6O. The Hall–Kier alpha value is -2.15.